The first-order chi connectivity index (χ1) is 8.16. The van der Waals surface area contributed by atoms with E-state index in [0.29, 0.717) is 17.1 Å². The highest BCUT2D eigenvalue weighted by Crippen LogP contribution is 2.30. The summed E-state index contributed by atoms with van der Waals surface area (Å²) in [6, 6.07) is 7.03. The van der Waals surface area contributed by atoms with Crippen molar-refractivity contribution in [1.82, 2.24) is 5.16 Å². The third kappa shape index (κ3) is 2.63. The fourth-order valence-corrected chi connectivity index (χ4v) is 1.45. The van der Waals surface area contributed by atoms with Gasteiger partial charge in [-0.3, -0.25) is 0 Å². The van der Waals surface area contributed by atoms with Gasteiger partial charge in [-0.05, 0) is 19.1 Å². The lowest BCUT2D eigenvalue weighted by Crippen LogP contribution is -2.29. The van der Waals surface area contributed by atoms with Gasteiger partial charge in [0.25, 0.3) is 0 Å². The number of rotatable bonds is 4. The van der Waals surface area contributed by atoms with Crippen molar-refractivity contribution >= 4 is 5.97 Å². The maximum atomic E-state index is 10.4. The van der Waals surface area contributed by atoms with Gasteiger partial charge in [-0.15, -0.1) is 0 Å². The van der Waals surface area contributed by atoms with Crippen LogP contribution in [0.15, 0.2) is 35.0 Å². The summed E-state index contributed by atoms with van der Waals surface area (Å²) >= 11 is 0. The zero-order valence-electron chi connectivity index (χ0n) is 9.17. The Balaban J connectivity index is 2.34. The van der Waals surface area contributed by atoms with E-state index < -0.39 is 12.6 Å². The van der Waals surface area contributed by atoms with Crippen molar-refractivity contribution in [3.8, 4) is 17.1 Å². The van der Waals surface area contributed by atoms with Crippen LogP contribution in [0.2, 0.25) is 0 Å². The molecular weight excluding hydrogens is 222 g/mol. The van der Waals surface area contributed by atoms with E-state index in [4.69, 9.17) is 9.26 Å². The van der Waals surface area contributed by atoms with Crippen LogP contribution in [0.4, 0.5) is 0 Å². The Labute approximate surface area is 97.6 Å². The van der Waals surface area contributed by atoms with E-state index in [0.717, 1.165) is 5.56 Å². The van der Waals surface area contributed by atoms with E-state index in [1.807, 2.05) is 19.1 Å². The predicted molar refractivity (Wildman–Crippen MR) is 57.2 cm³/mol. The van der Waals surface area contributed by atoms with E-state index in [1.165, 1.54) is 6.20 Å². The minimum Gasteiger partial charge on any atom is -0.546 e. The van der Waals surface area contributed by atoms with Gasteiger partial charge in [0.1, 0.15) is 12.4 Å². The van der Waals surface area contributed by atoms with Crippen molar-refractivity contribution < 1.29 is 19.2 Å². The summed E-state index contributed by atoms with van der Waals surface area (Å²) in [5.74, 6) is -0.312. The van der Waals surface area contributed by atoms with Crippen molar-refractivity contribution in [3.05, 3.63) is 36.0 Å². The molecule has 1 aromatic carbocycles. The SMILES string of the molecule is Cc1ccc(OCC(=O)[O-])c(-c2ccno2)c1. The Morgan fingerprint density at radius 2 is 2.29 bits per heavy atom. The fourth-order valence-electron chi connectivity index (χ4n) is 1.45. The molecule has 0 unspecified atom stereocenters. The maximum Gasteiger partial charge on any atom is 0.170 e. The minimum atomic E-state index is -1.27. The third-order valence-corrected chi connectivity index (χ3v) is 2.18. The number of aryl methyl sites for hydroxylation is 1. The molecule has 0 aliphatic heterocycles. The van der Waals surface area contributed by atoms with Crippen LogP contribution in [0.5, 0.6) is 5.75 Å². The van der Waals surface area contributed by atoms with E-state index in [2.05, 4.69) is 5.16 Å². The molecule has 0 amide bonds. The molecule has 1 aromatic heterocycles. The molecule has 0 N–H and O–H groups in total. The highest BCUT2D eigenvalue weighted by molar-refractivity contribution is 5.69. The van der Waals surface area contributed by atoms with Gasteiger partial charge in [0.05, 0.1) is 17.7 Å². The lowest BCUT2D eigenvalue weighted by Gasteiger charge is -2.10. The lowest BCUT2D eigenvalue weighted by atomic mass is 10.1. The quantitative estimate of drug-likeness (QED) is 0.778. The number of carbonyl (C=O) groups is 1. The smallest absolute Gasteiger partial charge is 0.170 e. The van der Waals surface area contributed by atoms with E-state index in [-0.39, 0.29) is 0 Å². The molecule has 0 atom stereocenters. The summed E-state index contributed by atoms with van der Waals surface area (Å²) in [6.45, 7) is 1.42. The third-order valence-electron chi connectivity index (χ3n) is 2.18. The summed E-state index contributed by atoms with van der Waals surface area (Å²) in [6.07, 6.45) is 1.51. The van der Waals surface area contributed by atoms with Crippen molar-refractivity contribution in [3.63, 3.8) is 0 Å². The van der Waals surface area contributed by atoms with Crippen LogP contribution in [-0.2, 0) is 4.79 Å². The van der Waals surface area contributed by atoms with Crippen molar-refractivity contribution in [2.45, 2.75) is 6.92 Å². The minimum absolute atomic E-state index is 0.427. The van der Waals surface area contributed by atoms with E-state index in [9.17, 15) is 9.90 Å². The second kappa shape index (κ2) is 4.69. The highest BCUT2D eigenvalue weighted by Gasteiger charge is 2.10. The number of carbonyl (C=O) groups excluding carboxylic acids is 1. The van der Waals surface area contributed by atoms with Gasteiger partial charge in [-0.2, -0.15) is 0 Å². The molecule has 88 valence electrons. The van der Waals surface area contributed by atoms with E-state index >= 15 is 0 Å². The summed E-state index contributed by atoms with van der Waals surface area (Å²) in [7, 11) is 0. The average molecular weight is 232 g/mol. The number of carboxylic acid groups (broad SMARTS) is 1. The Morgan fingerprint density at radius 3 is 2.94 bits per heavy atom. The number of ether oxygens (including phenoxy) is 1. The lowest BCUT2D eigenvalue weighted by molar-refractivity contribution is -0.307. The largest absolute Gasteiger partial charge is 0.546 e. The molecule has 0 bridgehead atoms. The number of aromatic nitrogens is 1. The Hall–Kier alpha value is -2.30. The molecule has 0 saturated heterocycles. The molecule has 0 spiro atoms. The number of carboxylic acids is 1. The summed E-state index contributed by atoms with van der Waals surface area (Å²) in [4.78, 5) is 10.4. The first-order valence-electron chi connectivity index (χ1n) is 5.01. The second-order valence-electron chi connectivity index (χ2n) is 3.54. The molecule has 2 rings (SSSR count). The van der Waals surface area contributed by atoms with Crippen LogP contribution in [0.1, 0.15) is 5.56 Å². The zero-order chi connectivity index (χ0) is 12.3. The first kappa shape index (κ1) is 11.2. The average Bonchev–Trinajstić information content (AvgIpc) is 2.80. The van der Waals surface area contributed by atoms with Crippen molar-refractivity contribution in [1.29, 1.82) is 0 Å². The molecule has 5 heteroatoms. The van der Waals surface area contributed by atoms with Gasteiger partial charge in [0, 0.05) is 6.07 Å². The van der Waals surface area contributed by atoms with Gasteiger partial charge >= 0.3 is 0 Å². The Morgan fingerprint density at radius 1 is 1.47 bits per heavy atom. The standard InChI is InChI=1S/C12H11NO4/c1-8-2-3-10(16-7-12(14)15)9(6-8)11-4-5-13-17-11/h2-6H,7H2,1H3,(H,14,15)/p-1. The van der Waals surface area contributed by atoms with Crippen LogP contribution >= 0.6 is 0 Å². The normalized spacial score (nSPS) is 10.2. The van der Waals surface area contributed by atoms with Gasteiger partial charge in [-0.1, -0.05) is 16.8 Å². The van der Waals surface area contributed by atoms with Crippen molar-refractivity contribution in [2.75, 3.05) is 6.61 Å². The fraction of sp³-hybridized carbons (Fsp3) is 0.167. The van der Waals surface area contributed by atoms with Gasteiger partial charge < -0.3 is 19.2 Å². The molecule has 1 heterocycles. The molecule has 17 heavy (non-hydrogen) atoms. The number of benzene rings is 1. The van der Waals surface area contributed by atoms with E-state index in [1.54, 1.807) is 12.1 Å². The van der Waals surface area contributed by atoms with Crippen molar-refractivity contribution in [2.24, 2.45) is 0 Å². The number of nitrogens with zero attached hydrogens (tertiary/aromatic N) is 1. The molecule has 5 nitrogen and oxygen atoms in total. The van der Waals surface area contributed by atoms with Crippen LogP contribution < -0.4 is 9.84 Å². The maximum absolute atomic E-state index is 10.4. The van der Waals surface area contributed by atoms with Gasteiger partial charge in [0.15, 0.2) is 5.76 Å². The predicted octanol–water partition coefficient (Wildman–Crippen LogP) is 0.779. The number of aliphatic carboxylic acids is 1. The van der Waals surface area contributed by atoms with Crippen LogP contribution in [0, 0.1) is 6.92 Å². The van der Waals surface area contributed by atoms with Gasteiger partial charge in [-0.25, -0.2) is 0 Å². The Bertz CT molecular complexity index is 519. The topological polar surface area (TPSA) is 75.4 Å². The number of hydrogen-bond acceptors (Lipinski definition) is 5. The molecule has 2 aromatic rings. The molecule has 0 fully saturated rings. The highest BCUT2D eigenvalue weighted by atomic mass is 16.5. The zero-order valence-corrected chi connectivity index (χ0v) is 9.17. The van der Waals surface area contributed by atoms with Crippen LogP contribution in [0.25, 0.3) is 11.3 Å². The summed E-state index contributed by atoms with van der Waals surface area (Å²) in [5.41, 5.74) is 1.68. The van der Waals surface area contributed by atoms with Gasteiger partial charge in [0.2, 0.25) is 0 Å². The second-order valence-corrected chi connectivity index (χ2v) is 3.54. The van der Waals surface area contributed by atoms with Crippen LogP contribution in [0.3, 0.4) is 0 Å². The number of hydrogen-bond donors (Lipinski definition) is 0. The monoisotopic (exact) mass is 232 g/mol. The molecule has 0 aliphatic carbocycles. The Kier molecular flexibility index (Phi) is 3.09. The molecule has 0 saturated carbocycles. The summed E-state index contributed by atoms with van der Waals surface area (Å²) in [5, 5.41) is 14.0. The molecule has 0 radical (unpaired) electrons. The molecule has 0 aliphatic rings. The molecular formula is C12H10NO4-. The summed E-state index contributed by atoms with van der Waals surface area (Å²) < 4.78 is 10.2. The first-order valence-corrected chi connectivity index (χ1v) is 5.01. The van der Waals surface area contributed by atoms with Crippen LogP contribution in [-0.4, -0.2) is 17.7 Å².